The lowest BCUT2D eigenvalue weighted by Crippen LogP contribution is -2.17. The van der Waals surface area contributed by atoms with Gasteiger partial charge < -0.3 is 18.9 Å². The van der Waals surface area contributed by atoms with E-state index in [9.17, 15) is 0 Å². The van der Waals surface area contributed by atoms with Crippen LogP contribution in [0.5, 0.6) is 0 Å². The molecule has 0 aliphatic heterocycles. The molecule has 2 heterocycles. The molecule has 0 unspecified atom stereocenters. The molecule has 0 bridgehead atoms. The van der Waals surface area contributed by atoms with Crippen LogP contribution >= 0.6 is 0 Å². The second kappa shape index (κ2) is 20.8. The maximum Gasteiger partial charge on any atom is 0.0782 e. The Bertz CT molecular complexity index is 5010. The number of rotatable bonds is 12. The van der Waals surface area contributed by atoms with Crippen molar-refractivity contribution in [3.63, 3.8) is 0 Å². The number of para-hydroxylation sites is 5. The molecule has 0 atom stereocenters. The Morgan fingerprint density at radius 3 is 1.35 bits per heavy atom. The molecule has 2 aliphatic rings. The van der Waals surface area contributed by atoms with E-state index in [-0.39, 0.29) is 11.8 Å². The molecule has 0 spiro atoms. The van der Waals surface area contributed by atoms with Crippen LogP contribution in [0.2, 0.25) is 0 Å². The van der Waals surface area contributed by atoms with Crippen molar-refractivity contribution in [3.8, 4) is 11.4 Å². The van der Waals surface area contributed by atoms with Crippen LogP contribution in [0.3, 0.4) is 0 Å². The van der Waals surface area contributed by atoms with E-state index in [2.05, 4.69) is 267 Å². The minimum Gasteiger partial charge on any atom is -0.309 e. The summed E-state index contributed by atoms with van der Waals surface area (Å²) >= 11 is 0. The molecule has 0 radical (unpaired) electrons. The number of fused-ring (bicyclic) bond motifs is 8. The third-order valence-corrected chi connectivity index (χ3v) is 19.9. The van der Waals surface area contributed by atoms with Gasteiger partial charge in [0.1, 0.15) is 0 Å². The molecule has 4 heteroatoms. The van der Waals surface area contributed by atoms with Gasteiger partial charge in [0.25, 0.3) is 0 Å². The zero-order valence-corrected chi connectivity index (χ0v) is 50.6. The Morgan fingerprint density at radius 2 is 0.767 bits per heavy atom. The molecule has 12 aromatic carbocycles. The van der Waals surface area contributed by atoms with E-state index in [1.165, 1.54) is 192 Å². The van der Waals surface area contributed by atoms with Crippen molar-refractivity contribution in [3.05, 3.63) is 251 Å². The normalized spacial score (nSPS) is 13.6. The lowest BCUT2D eigenvalue weighted by molar-refractivity contribution is 0.686. The fraction of sp³-hybridized carbons (Fsp3) is 0.220. The second-order valence-corrected chi connectivity index (χ2v) is 25.3. The summed E-state index contributed by atoms with van der Waals surface area (Å²) < 4.78 is 5.14. The quantitative estimate of drug-likeness (QED) is 0.113. The van der Waals surface area contributed by atoms with Crippen LogP contribution in [0.1, 0.15) is 124 Å². The van der Waals surface area contributed by atoms with Crippen LogP contribution in [0.25, 0.3) is 87.3 Å². The highest BCUT2D eigenvalue weighted by Crippen LogP contribution is 2.55. The van der Waals surface area contributed by atoms with E-state index in [4.69, 9.17) is 0 Å². The first-order chi connectivity index (χ1) is 42.3. The van der Waals surface area contributed by atoms with E-state index in [0.717, 1.165) is 38.5 Å². The predicted molar refractivity (Wildman–Crippen MR) is 368 cm³/mol. The molecule has 2 aromatic heterocycles. The van der Waals surface area contributed by atoms with Gasteiger partial charge >= 0.3 is 0 Å². The molecular weight excluding hydrogens is 1040 g/mol. The zero-order chi connectivity index (χ0) is 57.9. The molecule has 0 fully saturated rings. The summed E-state index contributed by atoms with van der Waals surface area (Å²) in [5, 5.41) is 13.0. The summed E-state index contributed by atoms with van der Waals surface area (Å²) in [7, 11) is 0. The fourth-order valence-corrected chi connectivity index (χ4v) is 16.0. The van der Waals surface area contributed by atoms with Gasteiger partial charge in [0.15, 0.2) is 0 Å². The Balaban J connectivity index is 1.04. The highest BCUT2D eigenvalue weighted by Gasteiger charge is 2.32. The average molecular weight is 1120 g/mol. The zero-order valence-electron chi connectivity index (χ0n) is 50.6. The largest absolute Gasteiger partial charge is 0.309 e. The van der Waals surface area contributed by atoms with E-state index in [1.807, 2.05) is 0 Å². The summed E-state index contributed by atoms with van der Waals surface area (Å²) in [5.74, 6) is 0.489. The minimum absolute atomic E-state index is 0.243. The lowest BCUT2D eigenvalue weighted by Gasteiger charge is -2.34. The van der Waals surface area contributed by atoms with Crippen LogP contribution in [0.15, 0.2) is 206 Å². The highest BCUT2D eigenvalue weighted by molar-refractivity contribution is 6.30. The molecule has 422 valence electrons. The Morgan fingerprint density at radius 1 is 0.337 bits per heavy atom. The van der Waals surface area contributed by atoms with Gasteiger partial charge in [0, 0.05) is 55.1 Å². The van der Waals surface area contributed by atoms with Crippen LogP contribution in [-0.4, -0.2) is 9.13 Å². The van der Waals surface area contributed by atoms with Crippen molar-refractivity contribution < 1.29 is 0 Å². The topological polar surface area (TPSA) is 16.3 Å². The molecule has 0 saturated carbocycles. The molecule has 86 heavy (non-hydrogen) atoms. The number of anilines is 6. The number of nitrogens with zero attached hydrogens (tertiary/aromatic N) is 4. The average Bonchev–Trinajstić information content (AvgIpc) is 1.54. The Kier molecular flexibility index (Phi) is 12.7. The van der Waals surface area contributed by atoms with Crippen molar-refractivity contribution in [1.29, 1.82) is 0 Å². The molecule has 16 rings (SSSR count). The van der Waals surface area contributed by atoms with Gasteiger partial charge in [-0.3, -0.25) is 0 Å². The van der Waals surface area contributed by atoms with Gasteiger partial charge in [0.2, 0.25) is 0 Å². The Labute approximate surface area is 505 Å². The summed E-state index contributed by atoms with van der Waals surface area (Å²) in [6.07, 6.45) is 11.0. The first-order valence-corrected chi connectivity index (χ1v) is 32.1. The van der Waals surface area contributed by atoms with Gasteiger partial charge in [-0.25, -0.2) is 0 Å². The first-order valence-electron chi connectivity index (χ1n) is 32.1. The van der Waals surface area contributed by atoms with Crippen molar-refractivity contribution in [2.24, 2.45) is 0 Å². The molecule has 14 aromatic rings. The maximum absolute atomic E-state index is 2.73. The van der Waals surface area contributed by atoms with Gasteiger partial charge in [0.05, 0.1) is 44.8 Å². The maximum atomic E-state index is 2.73. The number of aryl methyl sites for hydroxylation is 4. The van der Waals surface area contributed by atoms with Gasteiger partial charge in [-0.05, 0) is 209 Å². The van der Waals surface area contributed by atoms with E-state index in [1.54, 1.807) is 0 Å². The van der Waals surface area contributed by atoms with Crippen molar-refractivity contribution in [1.82, 2.24) is 9.13 Å². The van der Waals surface area contributed by atoms with E-state index >= 15 is 0 Å². The Hall–Kier alpha value is -9.12. The van der Waals surface area contributed by atoms with Crippen LogP contribution < -0.4 is 9.80 Å². The van der Waals surface area contributed by atoms with E-state index < -0.39 is 0 Å². The molecule has 0 N–H and O–H groups in total. The van der Waals surface area contributed by atoms with E-state index in [0.29, 0.717) is 0 Å². The number of hydrogen-bond acceptors (Lipinski definition) is 2. The second-order valence-electron chi connectivity index (χ2n) is 25.3. The van der Waals surface area contributed by atoms with Crippen LogP contribution in [0, 0.1) is 0 Å². The number of benzene rings is 12. The molecular formula is C82H74N4. The number of hydrogen-bond donors (Lipinski definition) is 0. The fourth-order valence-electron chi connectivity index (χ4n) is 16.0. The minimum atomic E-state index is 0.243. The molecule has 2 aliphatic carbocycles. The monoisotopic (exact) mass is 1110 g/mol. The summed E-state index contributed by atoms with van der Waals surface area (Å²) in [6.45, 7) is 14.2. The lowest BCUT2D eigenvalue weighted by atomic mass is 9.83. The molecule has 4 nitrogen and oxygen atoms in total. The van der Waals surface area contributed by atoms with Gasteiger partial charge in [-0.1, -0.05) is 181 Å². The third-order valence-electron chi connectivity index (χ3n) is 19.9. The third kappa shape index (κ3) is 7.94. The summed E-state index contributed by atoms with van der Waals surface area (Å²) in [6, 6.07) is 80.1. The molecule has 0 amide bonds. The molecule has 0 saturated heterocycles. The van der Waals surface area contributed by atoms with Crippen molar-refractivity contribution in [2.45, 2.75) is 118 Å². The van der Waals surface area contributed by atoms with Gasteiger partial charge in [-0.2, -0.15) is 0 Å². The summed E-state index contributed by atoms with van der Waals surface area (Å²) in [4.78, 5) is 5.46. The smallest absolute Gasteiger partial charge is 0.0782 e. The SMILES string of the molecule is CCc1ccccc1-n1c2ccccc2c2c(N(c3cccc4c3CCCC4)c3cc(C(C)C)c4ccc5c(N(c6cccc7c6CCCC7)c6cccc7c8ccccc8n(-c8ccccc8CC)c67)cc(C(C)C)c6ccc3c4c65)cccc21. The van der Waals surface area contributed by atoms with Crippen LogP contribution in [-0.2, 0) is 38.5 Å². The highest BCUT2D eigenvalue weighted by atomic mass is 15.2. The van der Waals surface area contributed by atoms with Gasteiger partial charge in [-0.15, -0.1) is 0 Å². The predicted octanol–water partition coefficient (Wildman–Crippen LogP) is 22.8. The first kappa shape index (κ1) is 52.4. The van der Waals surface area contributed by atoms with Crippen molar-refractivity contribution in [2.75, 3.05) is 9.80 Å². The summed E-state index contributed by atoms with van der Waals surface area (Å²) in [5.41, 5.74) is 26.2. The number of aromatic nitrogens is 2. The van der Waals surface area contributed by atoms with Crippen molar-refractivity contribution >= 4 is 110 Å². The van der Waals surface area contributed by atoms with Crippen LogP contribution in [0.4, 0.5) is 34.1 Å². The standard InChI is InChI=1S/C82H74N4/c1-7-53-25-11-17-36-68(53)83-73-39-20-16-34-63(73)81-74(83)42-24-43-75(81)84(70-40-21-29-55-27-9-13-31-57(55)70)77-49-66(51(3)4)60-46-48-65-78(50-67(52(5)6)61-45-47-64(77)79(60)80(61)65)85(71-41-22-30-56-28-10-14-32-58(56)71)76-44-23-35-62-59-33-15-19-38-72(59)86(82(62)76)69-37-18-12-26-54(69)8-2/h11-12,15-26,29-30,33-52H,7-10,13-14,27-28,31-32H2,1-6H3.